The molecule has 0 amide bonds. The van der Waals surface area contributed by atoms with Crippen molar-refractivity contribution >= 4 is 11.6 Å². The monoisotopic (exact) mass is 334 g/mol. The SMILES string of the molecule is C/C(=C\c1ccccc1)c1c(-c2ccccc2)ncn1CC(O)CO. The second-order valence-electron chi connectivity index (χ2n) is 6.03. The van der Waals surface area contributed by atoms with Gasteiger partial charge in [-0.1, -0.05) is 60.7 Å². The Balaban J connectivity index is 2.07. The van der Waals surface area contributed by atoms with Crippen LogP contribution >= 0.6 is 0 Å². The number of allylic oxidation sites excluding steroid dienone is 1. The molecule has 128 valence electrons. The number of hydrogen-bond donors (Lipinski definition) is 2. The zero-order chi connectivity index (χ0) is 17.6. The lowest BCUT2D eigenvalue weighted by atomic mass is 10.0. The van der Waals surface area contributed by atoms with E-state index in [0.29, 0.717) is 6.54 Å². The normalized spacial score (nSPS) is 13.0. The van der Waals surface area contributed by atoms with Crippen molar-refractivity contribution in [2.75, 3.05) is 6.61 Å². The maximum absolute atomic E-state index is 9.87. The molecule has 0 aliphatic heterocycles. The topological polar surface area (TPSA) is 58.3 Å². The maximum atomic E-state index is 9.87. The summed E-state index contributed by atoms with van der Waals surface area (Å²) >= 11 is 0. The molecule has 2 aromatic carbocycles. The van der Waals surface area contributed by atoms with Gasteiger partial charge in [0.25, 0.3) is 0 Å². The summed E-state index contributed by atoms with van der Waals surface area (Å²) in [6.07, 6.45) is 3.01. The van der Waals surface area contributed by atoms with Crippen molar-refractivity contribution in [3.05, 3.63) is 78.2 Å². The van der Waals surface area contributed by atoms with Crippen molar-refractivity contribution in [2.24, 2.45) is 0 Å². The summed E-state index contributed by atoms with van der Waals surface area (Å²) in [4.78, 5) is 4.57. The van der Waals surface area contributed by atoms with Crippen molar-refractivity contribution in [1.29, 1.82) is 0 Å². The first-order valence-corrected chi connectivity index (χ1v) is 8.32. The quantitative estimate of drug-likeness (QED) is 0.726. The highest BCUT2D eigenvalue weighted by Crippen LogP contribution is 2.29. The fraction of sp³-hybridized carbons (Fsp3) is 0.190. The number of imidazole rings is 1. The molecule has 0 aliphatic rings. The average molecular weight is 334 g/mol. The van der Waals surface area contributed by atoms with Crippen molar-refractivity contribution < 1.29 is 10.2 Å². The molecular weight excluding hydrogens is 312 g/mol. The highest BCUT2D eigenvalue weighted by Gasteiger charge is 2.16. The van der Waals surface area contributed by atoms with Gasteiger partial charge in [-0.15, -0.1) is 0 Å². The molecule has 2 N–H and O–H groups in total. The molecule has 0 aliphatic carbocycles. The Kier molecular flexibility index (Phi) is 5.43. The van der Waals surface area contributed by atoms with Gasteiger partial charge in [-0.25, -0.2) is 4.98 Å². The summed E-state index contributed by atoms with van der Waals surface area (Å²) in [5, 5.41) is 19.1. The van der Waals surface area contributed by atoms with Gasteiger partial charge in [0.15, 0.2) is 0 Å². The molecule has 4 nitrogen and oxygen atoms in total. The Hall–Kier alpha value is -2.69. The smallest absolute Gasteiger partial charge is 0.0959 e. The van der Waals surface area contributed by atoms with Crippen molar-refractivity contribution in [2.45, 2.75) is 19.6 Å². The molecule has 0 fully saturated rings. The summed E-state index contributed by atoms with van der Waals surface area (Å²) < 4.78 is 1.90. The van der Waals surface area contributed by atoms with E-state index in [9.17, 15) is 10.2 Å². The minimum atomic E-state index is -0.818. The molecule has 1 unspecified atom stereocenters. The predicted octanol–water partition coefficient (Wildman–Crippen LogP) is 3.46. The van der Waals surface area contributed by atoms with E-state index in [1.807, 2.05) is 60.0 Å². The first-order chi connectivity index (χ1) is 12.2. The summed E-state index contributed by atoms with van der Waals surface area (Å²) in [5.74, 6) is 0. The van der Waals surface area contributed by atoms with Crippen LogP contribution in [0.4, 0.5) is 0 Å². The van der Waals surface area contributed by atoms with Gasteiger partial charge in [-0.3, -0.25) is 0 Å². The van der Waals surface area contributed by atoms with Gasteiger partial charge < -0.3 is 14.8 Å². The van der Waals surface area contributed by atoms with Crippen molar-refractivity contribution in [3.63, 3.8) is 0 Å². The third-order valence-electron chi connectivity index (χ3n) is 4.06. The van der Waals surface area contributed by atoms with E-state index >= 15 is 0 Å². The lowest BCUT2D eigenvalue weighted by Gasteiger charge is -2.14. The molecular formula is C21H22N2O2. The van der Waals surface area contributed by atoms with Crippen LogP contribution in [0.15, 0.2) is 67.0 Å². The fourth-order valence-electron chi connectivity index (χ4n) is 2.89. The van der Waals surface area contributed by atoms with Gasteiger partial charge in [0.1, 0.15) is 0 Å². The number of nitrogens with zero attached hydrogens (tertiary/aromatic N) is 2. The summed E-state index contributed by atoms with van der Waals surface area (Å²) in [6, 6.07) is 20.1. The van der Waals surface area contributed by atoms with Gasteiger partial charge in [0.05, 0.1) is 37.0 Å². The van der Waals surface area contributed by atoms with Crippen LogP contribution in [0.3, 0.4) is 0 Å². The third-order valence-corrected chi connectivity index (χ3v) is 4.06. The average Bonchev–Trinajstić information content (AvgIpc) is 3.06. The highest BCUT2D eigenvalue weighted by atomic mass is 16.3. The van der Waals surface area contributed by atoms with Crippen LogP contribution in [0, 0.1) is 0 Å². The summed E-state index contributed by atoms with van der Waals surface area (Å²) in [6.45, 7) is 2.06. The van der Waals surface area contributed by atoms with Gasteiger partial charge in [0, 0.05) is 5.56 Å². The van der Waals surface area contributed by atoms with E-state index in [-0.39, 0.29) is 6.61 Å². The minimum Gasteiger partial charge on any atom is -0.394 e. The van der Waals surface area contributed by atoms with Crippen LogP contribution < -0.4 is 0 Å². The van der Waals surface area contributed by atoms with E-state index in [4.69, 9.17) is 0 Å². The van der Waals surface area contributed by atoms with Crippen molar-refractivity contribution in [1.82, 2.24) is 9.55 Å². The number of aliphatic hydroxyl groups excluding tert-OH is 2. The van der Waals surface area contributed by atoms with Gasteiger partial charge in [-0.2, -0.15) is 0 Å². The van der Waals surface area contributed by atoms with Crippen LogP contribution in [0.2, 0.25) is 0 Å². The molecule has 1 atom stereocenters. The lowest BCUT2D eigenvalue weighted by Crippen LogP contribution is -2.20. The second-order valence-corrected chi connectivity index (χ2v) is 6.03. The molecule has 0 saturated heterocycles. The minimum absolute atomic E-state index is 0.278. The molecule has 0 radical (unpaired) electrons. The van der Waals surface area contributed by atoms with E-state index in [0.717, 1.165) is 28.1 Å². The molecule has 3 aromatic rings. The van der Waals surface area contributed by atoms with E-state index in [1.54, 1.807) is 6.33 Å². The first kappa shape index (κ1) is 17.1. The number of aliphatic hydroxyl groups is 2. The molecule has 0 bridgehead atoms. The number of aromatic nitrogens is 2. The van der Waals surface area contributed by atoms with Crippen LogP contribution in [0.25, 0.3) is 22.9 Å². The molecule has 0 spiro atoms. The van der Waals surface area contributed by atoms with E-state index < -0.39 is 6.10 Å². The highest BCUT2D eigenvalue weighted by molar-refractivity contribution is 5.85. The van der Waals surface area contributed by atoms with E-state index in [1.165, 1.54) is 0 Å². The van der Waals surface area contributed by atoms with Crippen LogP contribution in [0.1, 0.15) is 18.2 Å². The number of benzene rings is 2. The standard InChI is InChI=1S/C21H22N2O2/c1-16(12-17-8-4-2-5-9-17)21-20(18-10-6-3-7-11-18)22-15-23(21)13-19(25)14-24/h2-12,15,19,24-25H,13-14H2,1H3/b16-12+. The fourth-order valence-corrected chi connectivity index (χ4v) is 2.89. The Morgan fingerprint density at radius 3 is 2.36 bits per heavy atom. The van der Waals surface area contributed by atoms with Crippen molar-refractivity contribution in [3.8, 4) is 11.3 Å². The Labute approximate surface area is 147 Å². The Bertz CT molecular complexity index is 839. The molecule has 0 saturated carbocycles. The molecule has 3 rings (SSSR count). The summed E-state index contributed by atoms with van der Waals surface area (Å²) in [5.41, 5.74) is 5.00. The first-order valence-electron chi connectivity index (χ1n) is 8.32. The zero-order valence-electron chi connectivity index (χ0n) is 14.2. The lowest BCUT2D eigenvalue weighted by molar-refractivity contribution is 0.0810. The summed E-state index contributed by atoms with van der Waals surface area (Å²) in [7, 11) is 0. The Morgan fingerprint density at radius 1 is 1.08 bits per heavy atom. The molecule has 25 heavy (non-hydrogen) atoms. The Morgan fingerprint density at radius 2 is 1.72 bits per heavy atom. The van der Waals surface area contributed by atoms with Crippen LogP contribution in [-0.2, 0) is 6.54 Å². The van der Waals surface area contributed by atoms with Crippen LogP contribution in [0.5, 0.6) is 0 Å². The van der Waals surface area contributed by atoms with Crippen LogP contribution in [-0.4, -0.2) is 32.5 Å². The number of rotatable bonds is 6. The largest absolute Gasteiger partial charge is 0.394 e. The third kappa shape index (κ3) is 4.05. The second kappa shape index (κ2) is 7.92. The van der Waals surface area contributed by atoms with Gasteiger partial charge in [0.2, 0.25) is 0 Å². The van der Waals surface area contributed by atoms with Gasteiger partial charge >= 0.3 is 0 Å². The number of hydrogen-bond acceptors (Lipinski definition) is 3. The molecule has 1 aromatic heterocycles. The molecule has 4 heteroatoms. The maximum Gasteiger partial charge on any atom is 0.0959 e. The molecule has 1 heterocycles. The predicted molar refractivity (Wildman–Crippen MR) is 101 cm³/mol. The van der Waals surface area contributed by atoms with Gasteiger partial charge in [-0.05, 0) is 24.1 Å². The van der Waals surface area contributed by atoms with E-state index in [2.05, 4.69) is 23.2 Å². The zero-order valence-corrected chi connectivity index (χ0v) is 14.2.